The van der Waals surface area contributed by atoms with Crippen molar-refractivity contribution in [3.8, 4) is 0 Å². The van der Waals surface area contributed by atoms with Crippen molar-refractivity contribution in [3.05, 3.63) is 42.5 Å². The van der Waals surface area contributed by atoms with Crippen LogP contribution in [0.1, 0.15) is 50.3 Å². The molecule has 3 fully saturated rings. The molecule has 0 aliphatic carbocycles. The van der Waals surface area contributed by atoms with Crippen LogP contribution < -0.4 is 0 Å². The Bertz CT molecular complexity index is 977. The molecule has 0 amide bonds. The van der Waals surface area contributed by atoms with Crippen molar-refractivity contribution in [1.82, 2.24) is 0 Å². The maximum atomic E-state index is 12.7. The molecule has 3 saturated heterocycles. The average Bonchev–Trinajstić information content (AvgIpc) is 3.51. The van der Waals surface area contributed by atoms with Crippen molar-refractivity contribution in [2.45, 2.75) is 62.8 Å². The lowest BCUT2D eigenvalue weighted by atomic mass is 9.94. The first-order chi connectivity index (χ1) is 15.5. The van der Waals surface area contributed by atoms with Gasteiger partial charge in [-0.05, 0) is 11.9 Å². The lowest BCUT2D eigenvalue weighted by molar-refractivity contribution is -0.956. The van der Waals surface area contributed by atoms with Crippen LogP contribution in [0.15, 0.2) is 36.9 Å². The Hall–Kier alpha value is -1.65. The number of esters is 1. The number of fused-ring (bicyclic) bond motifs is 5. The van der Waals surface area contributed by atoms with Gasteiger partial charge in [0.15, 0.2) is 0 Å². The van der Waals surface area contributed by atoms with E-state index in [1.807, 2.05) is 6.07 Å². The van der Waals surface area contributed by atoms with Crippen molar-refractivity contribution in [2.24, 2.45) is 0 Å². The fourth-order valence-corrected chi connectivity index (χ4v) is 4.34. The Morgan fingerprint density at radius 1 is 1.36 bits per heavy atom. The second-order valence-electron chi connectivity index (χ2n) is 7.05. The van der Waals surface area contributed by atoms with Crippen LogP contribution in [0, 0.1) is 0 Å². The monoisotopic (exact) mass is 351 g/mol. The van der Waals surface area contributed by atoms with Gasteiger partial charge in [-0.25, -0.2) is 4.79 Å². The highest BCUT2D eigenvalue weighted by Gasteiger charge is 2.71. The smallest absolute Gasteiger partial charge is 0.338 e. The van der Waals surface area contributed by atoms with E-state index in [0.717, 1.165) is 0 Å². The Kier molecular flexibility index (Phi) is 2.34. The van der Waals surface area contributed by atoms with E-state index < -0.39 is 54.7 Å². The lowest BCUT2D eigenvalue weighted by Gasteiger charge is -2.48. The molecule has 134 valence electrons. The zero-order chi connectivity index (χ0) is 25.5. The summed E-state index contributed by atoms with van der Waals surface area (Å²) in [5.41, 5.74) is 0.809. The van der Waals surface area contributed by atoms with Crippen LogP contribution in [-0.2, 0) is 14.3 Å². The standard InChI is InChI=1S/C21H28NO3/c1-4-5-11-22(3)17-12-16(13-18(22)20-19(17)25-20)24-21(23)14(2)15-9-7-6-8-10-15/h6-10,16-20H,2,4-5,11-13H2,1,3H3/q+1/i1D3,4D2,5D2,11D2. The first-order valence-electron chi connectivity index (χ1n) is 12.9. The zero-order valence-electron chi connectivity index (χ0n) is 23.1. The predicted molar refractivity (Wildman–Crippen MR) is 96.8 cm³/mol. The number of nitrogens with zero attached hydrogens (tertiary/aromatic N) is 1. The van der Waals surface area contributed by atoms with Gasteiger partial charge >= 0.3 is 5.97 Å². The number of piperidine rings is 1. The van der Waals surface area contributed by atoms with Gasteiger partial charge in [-0.3, -0.25) is 0 Å². The Morgan fingerprint density at radius 2 is 2.04 bits per heavy atom. The maximum absolute atomic E-state index is 12.7. The van der Waals surface area contributed by atoms with E-state index in [-0.39, 0.29) is 30.6 Å². The van der Waals surface area contributed by atoms with Gasteiger partial charge in [0.25, 0.3) is 0 Å². The molecule has 0 aromatic heterocycles. The molecule has 4 atom stereocenters. The molecule has 0 spiro atoms. The molecular formula is C21H28NO3+. The van der Waals surface area contributed by atoms with Crippen molar-refractivity contribution in [3.63, 3.8) is 0 Å². The van der Waals surface area contributed by atoms with Crippen LogP contribution in [0.2, 0.25) is 0 Å². The molecule has 4 rings (SSSR count). The molecular weight excluding hydrogens is 314 g/mol. The number of benzene rings is 1. The fraction of sp³-hybridized carbons (Fsp3) is 0.571. The first-order valence-corrected chi connectivity index (χ1v) is 8.45. The summed E-state index contributed by atoms with van der Waals surface area (Å²) in [6.07, 6.45) is -7.79. The van der Waals surface area contributed by atoms with E-state index in [9.17, 15) is 4.79 Å². The number of likely N-dealkylation sites (N-methyl/N-ethyl adjacent to an activating group) is 1. The highest BCUT2D eigenvalue weighted by molar-refractivity contribution is 6.15. The van der Waals surface area contributed by atoms with Gasteiger partial charge in [0.2, 0.25) is 0 Å². The van der Waals surface area contributed by atoms with E-state index in [4.69, 9.17) is 21.8 Å². The summed E-state index contributed by atoms with van der Waals surface area (Å²) in [4.78, 5) is 12.7. The summed E-state index contributed by atoms with van der Waals surface area (Å²) < 4.78 is 83.5. The number of ether oxygens (including phenoxy) is 2. The summed E-state index contributed by atoms with van der Waals surface area (Å²) in [7, 11) is 1.49. The first kappa shape index (κ1) is 9.33. The number of quaternary nitrogens is 1. The number of epoxide rings is 1. The molecule has 0 radical (unpaired) electrons. The van der Waals surface area contributed by atoms with Crippen LogP contribution in [0.3, 0.4) is 0 Å². The fourth-order valence-electron chi connectivity index (χ4n) is 4.34. The summed E-state index contributed by atoms with van der Waals surface area (Å²) in [6, 6.07) is 7.56. The van der Waals surface area contributed by atoms with E-state index in [1.54, 1.807) is 24.3 Å². The lowest BCUT2D eigenvalue weighted by Crippen LogP contribution is -2.62. The molecule has 3 aliphatic rings. The van der Waals surface area contributed by atoms with Gasteiger partial charge in [0, 0.05) is 22.4 Å². The molecule has 25 heavy (non-hydrogen) atoms. The largest absolute Gasteiger partial charge is 0.458 e. The van der Waals surface area contributed by atoms with Crippen LogP contribution >= 0.6 is 0 Å². The van der Waals surface area contributed by atoms with Gasteiger partial charge in [0.05, 0.1) is 21.9 Å². The Morgan fingerprint density at radius 3 is 2.68 bits per heavy atom. The van der Waals surface area contributed by atoms with Crippen molar-refractivity contribution in [2.75, 3.05) is 13.5 Å². The summed E-state index contributed by atoms with van der Waals surface area (Å²) in [5.74, 6) is -0.599. The summed E-state index contributed by atoms with van der Waals surface area (Å²) in [6.45, 7) is -2.46. The van der Waals surface area contributed by atoms with Gasteiger partial charge in [-0.1, -0.05) is 50.1 Å². The highest BCUT2D eigenvalue weighted by Crippen LogP contribution is 2.52. The summed E-state index contributed by atoms with van der Waals surface area (Å²) in [5, 5.41) is 0. The number of hydrogen-bond acceptors (Lipinski definition) is 3. The minimum Gasteiger partial charge on any atom is -0.458 e. The number of hydrogen-bond donors (Lipinski definition) is 0. The van der Waals surface area contributed by atoms with E-state index in [1.165, 1.54) is 7.05 Å². The molecule has 0 N–H and O–H groups in total. The second kappa shape index (κ2) is 6.26. The van der Waals surface area contributed by atoms with E-state index in [0.29, 0.717) is 5.56 Å². The van der Waals surface area contributed by atoms with Gasteiger partial charge in [-0.15, -0.1) is 0 Å². The SMILES string of the molecule is [2H]C([2H])([2H])C([2H])([2H])C([2H])([2H])C([2H])([2H])[N+]1(C)C2CC(OC(=O)C(=C)c3ccccc3)CC1C1OC12. The molecule has 1 aromatic carbocycles. The molecule has 1 aromatic rings. The minimum absolute atomic E-state index is 0.175. The number of carbonyl (C=O) groups excluding carboxylic acids is 1. The molecule has 4 heteroatoms. The van der Waals surface area contributed by atoms with Gasteiger partial charge in [-0.2, -0.15) is 0 Å². The van der Waals surface area contributed by atoms with Crippen molar-refractivity contribution >= 4 is 11.5 Å². The van der Waals surface area contributed by atoms with E-state index >= 15 is 0 Å². The van der Waals surface area contributed by atoms with Gasteiger partial charge in [0.1, 0.15) is 30.4 Å². The molecule has 0 saturated carbocycles. The number of rotatable bonds is 6. The van der Waals surface area contributed by atoms with Crippen LogP contribution in [0.4, 0.5) is 0 Å². The average molecular weight is 352 g/mol. The van der Waals surface area contributed by atoms with Crippen molar-refractivity contribution < 1.29 is 31.1 Å². The van der Waals surface area contributed by atoms with Crippen LogP contribution in [0.25, 0.3) is 5.57 Å². The summed E-state index contributed by atoms with van der Waals surface area (Å²) >= 11 is 0. The number of carbonyl (C=O) groups is 1. The molecule has 2 bridgehead atoms. The Labute approximate surface area is 162 Å². The maximum Gasteiger partial charge on any atom is 0.338 e. The quantitative estimate of drug-likeness (QED) is 0.342. The third-order valence-corrected chi connectivity index (χ3v) is 5.71. The normalized spacial score (nSPS) is 45.6. The Balaban J connectivity index is 1.57. The van der Waals surface area contributed by atoms with Crippen LogP contribution in [0.5, 0.6) is 0 Å². The second-order valence-corrected chi connectivity index (χ2v) is 7.05. The third kappa shape index (κ3) is 2.81. The van der Waals surface area contributed by atoms with Gasteiger partial charge < -0.3 is 14.0 Å². The zero-order valence-corrected chi connectivity index (χ0v) is 14.1. The highest BCUT2D eigenvalue weighted by atomic mass is 16.6. The molecule has 3 heterocycles. The topological polar surface area (TPSA) is 38.8 Å². The molecule has 4 unspecified atom stereocenters. The van der Waals surface area contributed by atoms with Crippen LogP contribution in [-0.4, -0.2) is 54.4 Å². The molecule has 4 nitrogen and oxygen atoms in total. The third-order valence-electron chi connectivity index (χ3n) is 5.71. The minimum atomic E-state index is -3.44. The molecule has 3 aliphatic heterocycles. The van der Waals surface area contributed by atoms with Crippen molar-refractivity contribution in [1.29, 1.82) is 0 Å². The van der Waals surface area contributed by atoms with E-state index in [2.05, 4.69) is 6.58 Å². The number of morpholine rings is 1. The predicted octanol–water partition coefficient (Wildman–Crippen LogP) is 3.17.